The van der Waals surface area contributed by atoms with Crippen LogP contribution in [-0.2, 0) is 25.7 Å². The Bertz CT molecular complexity index is 1180. The highest BCUT2D eigenvalue weighted by Crippen LogP contribution is 2.17. The van der Waals surface area contributed by atoms with Crippen molar-refractivity contribution < 1.29 is 34.2 Å². The highest BCUT2D eigenvalue weighted by atomic mass is 16.4. The molecule has 0 radical (unpaired) electrons. The number of amides is 5. The molecule has 0 aromatic carbocycles. The van der Waals surface area contributed by atoms with Crippen LogP contribution in [0.25, 0.3) is 0 Å². The van der Waals surface area contributed by atoms with Crippen molar-refractivity contribution in [1.82, 2.24) is 36.4 Å². The number of nitrogens with one attached hydrogen (secondary N) is 5. The van der Waals surface area contributed by atoms with Crippen molar-refractivity contribution in [3.05, 3.63) is 17.5 Å². The Morgan fingerprint density at radius 2 is 1.45 bits per heavy atom. The molecule has 0 bridgehead atoms. The van der Waals surface area contributed by atoms with E-state index < -0.39 is 59.9 Å². The Labute approximate surface area is 279 Å². The largest absolute Gasteiger partial charge is 0.465 e. The second-order valence-electron chi connectivity index (χ2n) is 13.8. The van der Waals surface area contributed by atoms with Crippen LogP contribution in [0.4, 0.5) is 4.79 Å². The second-order valence-corrected chi connectivity index (χ2v) is 13.8. The fraction of sp³-hybridized carbons (Fsp3) is 0.758. The smallest absolute Gasteiger partial charge is 0.404 e. The summed E-state index contributed by atoms with van der Waals surface area (Å²) in [6.45, 7) is 19.1. The molecule has 0 spiro atoms. The van der Waals surface area contributed by atoms with E-state index in [2.05, 4.69) is 31.7 Å². The maximum Gasteiger partial charge on any atom is 0.404 e. The Balaban J connectivity index is 3.05. The first kappa shape index (κ1) is 41.3. The van der Waals surface area contributed by atoms with Gasteiger partial charge in [0.2, 0.25) is 23.6 Å². The summed E-state index contributed by atoms with van der Waals surface area (Å²) in [6.07, 6.45) is -1.70. The molecular weight excluding hydrogens is 606 g/mol. The van der Waals surface area contributed by atoms with E-state index in [1.54, 1.807) is 11.6 Å². The molecular formula is C33H59N7O7. The number of aromatic nitrogens is 2. The molecule has 0 aliphatic carbocycles. The van der Waals surface area contributed by atoms with Crippen LogP contribution in [0, 0.1) is 43.4 Å². The van der Waals surface area contributed by atoms with Crippen LogP contribution in [0.3, 0.4) is 0 Å². The Hall–Kier alpha value is -3.68. The minimum atomic E-state index is -1.36. The van der Waals surface area contributed by atoms with Gasteiger partial charge in [-0.3, -0.25) is 23.9 Å². The number of rotatable bonds is 20. The molecule has 47 heavy (non-hydrogen) atoms. The van der Waals surface area contributed by atoms with E-state index in [0.717, 1.165) is 11.4 Å². The van der Waals surface area contributed by atoms with Crippen molar-refractivity contribution in [3.8, 4) is 0 Å². The third kappa shape index (κ3) is 14.7. The molecule has 1 rings (SSSR count). The molecule has 1 aromatic rings. The predicted molar refractivity (Wildman–Crippen MR) is 179 cm³/mol. The SMILES string of the molecule is CC[C@@H](Cn1nc(C)cc1C)C(=O)N[C@@H](CNC(=O)O)C(=O)N[C@@H](CC(C)C)[C@@H](O)C[C@@H](C)C(=O)N[C@H](C(=O)NCC(C)C)C(C)C. The highest BCUT2D eigenvalue weighted by molar-refractivity contribution is 5.90. The van der Waals surface area contributed by atoms with E-state index in [1.807, 2.05) is 68.4 Å². The van der Waals surface area contributed by atoms with Crippen molar-refractivity contribution in [2.45, 2.75) is 119 Å². The summed E-state index contributed by atoms with van der Waals surface area (Å²) in [4.78, 5) is 64.0. The van der Waals surface area contributed by atoms with Gasteiger partial charge in [0.05, 0.1) is 36.8 Å². The first-order chi connectivity index (χ1) is 21.9. The molecule has 0 aliphatic heterocycles. The molecule has 14 heteroatoms. The van der Waals surface area contributed by atoms with Gasteiger partial charge >= 0.3 is 6.09 Å². The van der Waals surface area contributed by atoms with Gasteiger partial charge in [0.1, 0.15) is 12.1 Å². The number of aliphatic hydroxyl groups is 1. The van der Waals surface area contributed by atoms with E-state index in [-0.39, 0.29) is 43.2 Å². The lowest BCUT2D eigenvalue weighted by Gasteiger charge is -2.30. The minimum absolute atomic E-state index is 0.00707. The Morgan fingerprint density at radius 3 is 1.94 bits per heavy atom. The molecule has 5 amide bonds. The van der Waals surface area contributed by atoms with E-state index in [0.29, 0.717) is 19.4 Å². The van der Waals surface area contributed by atoms with Gasteiger partial charge in [-0.1, -0.05) is 55.4 Å². The average Bonchev–Trinajstić information content (AvgIpc) is 3.29. The zero-order valence-electron chi connectivity index (χ0n) is 29.8. The molecule has 268 valence electrons. The number of aryl methyl sites for hydroxylation is 2. The summed E-state index contributed by atoms with van der Waals surface area (Å²) >= 11 is 0. The van der Waals surface area contributed by atoms with Gasteiger partial charge < -0.3 is 36.8 Å². The first-order valence-corrected chi connectivity index (χ1v) is 16.7. The van der Waals surface area contributed by atoms with Crippen molar-refractivity contribution in [3.63, 3.8) is 0 Å². The quantitative estimate of drug-likeness (QED) is 0.110. The van der Waals surface area contributed by atoms with Crippen LogP contribution >= 0.6 is 0 Å². The number of nitrogens with zero attached hydrogens (tertiary/aromatic N) is 2. The fourth-order valence-corrected chi connectivity index (χ4v) is 5.14. The summed E-state index contributed by atoms with van der Waals surface area (Å²) in [5.74, 6) is -2.88. The summed E-state index contributed by atoms with van der Waals surface area (Å²) in [7, 11) is 0. The lowest BCUT2D eigenvalue weighted by molar-refractivity contribution is -0.133. The van der Waals surface area contributed by atoms with Gasteiger partial charge in [-0.25, -0.2) is 4.79 Å². The Morgan fingerprint density at radius 1 is 0.809 bits per heavy atom. The summed E-state index contributed by atoms with van der Waals surface area (Å²) in [5.41, 5.74) is 1.70. The van der Waals surface area contributed by atoms with Crippen molar-refractivity contribution >= 4 is 29.7 Å². The lowest BCUT2D eigenvalue weighted by Crippen LogP contribution is -2.57. The van der Waals surface area contributed by atoms with Crippen molar-refractivity contribution in [2.75, 3.05) is 13.1 Å². The number of carboxylic acid groups (broad SMARTS) is 1. The number of aliphatic hydroxyl groups excluding tert-OH is 1. The van der Waals surface area contributed by atoms with Crippen LogP contribution in [-0.4, -0.2) is 87.0 Å². The molecule has 0 aliphatic rings. The van der Waals surface area contributed by atoms with Gasteiger partial charge in [0.15, 0.2) is 0 Å². The molecule has 0 saturated carbocycles. The highest BCUT2D eigenvalue weighted by Gasteiger charge is 2.32. The summed E-state index contributed by atoms with van der Waals surface area (Å²) in [6, 6.07) is -0.901. The zero-order chi connectivity index (χ0) is 36.0. The van der Waals surface area contributed by atoms with Gasteiger partial charge in [-0.15, -0.1) is 0 Å². The number of carbonyl (C=O) groups excluding carboxylic acids is 4. The van der Waals surface area contributed by atoms with Gasteiger partial charge in [0, 0.05) is 18.2 Å². The first-order valence-electron chi connectivity index (χ1n) is 16.7. The topological polar surface area (TPSA) is 204 Å². The predicted octanol–water partition coefficient (Wildman–Crippen LogP) is 2.11. The maximum atomic E-state index is 13.5. The molecule has 0 fully saturated rings. The summed E-state index contributed by atoms with van der Waals surface area (Å²) in [5, 5.41) is 38.2. The number of carbonyl (C=O) groups is 5. The fourth-order valence-electron chi connectivity index (χ4n) is 5.14. The maximum absolute atomic E-state index is 13.5. The monoisotopic (exact) mass is 665 g/mol. The zero-order valence-corrected chi connectivity index (χ0v) is 29.8. The normalized spacial score (nSPS) is 15.4. The van der Waals surface area contributed by atoms with Gasteiger partial charge in [0.25, 0.3) is 0 Å². The minimum Gasteiger partial charge on any atom is -0.465 e. The summed E-state index contributed by atoms with van der Waals surface area (Å²) < 4.78 is 1.72. The van der Waals surface area contributed by atoms with Crippen LogP contribution in [0.1, 0.15) is 86.0 Å². The molecule has 6 atom stereocenters. The van der Waals surface area contributed by atoms with Gasteiger partial charge in [-0.05, 0) is 56.9 Å². The Kier molecular flexibility index (Phi) is 17.5. The standard InChI is InChI=1S/C33H59N7O7/c1-11-24(17-40-23(10)14-22(9)39-40)30(43)37-26(16-35-33(46)47)31(44)36-25(12-18(2)3)27(41)13-21(8)29(42)38-28(20(6)7)32(45)34-15-19(4)5/h14,18-21,24-28,35,41H,11-13,15-17H2,1-10H3,(H,34,45)(H,36,44)(H,37,43)(H,38,42)(H,46,47)/t21-,24+,25+,26+,27+,28+/m1/s1. The molecule has 0 saturated heterocycles. The van der Waals surface area contributed by atoms with E-state index >= 15 is 0 Å². The van der Waals surface area contributed by atoms with E-state index in [1.165, 1.54) is 0 Å². The molecule has 14 nitrogen and oxygen atoms in total. The third-order valence-corrected chi connectivity index (χ3v) is 7.94. The molecule has 7 N–H and O–H groups in total. The van der Waals surface area contributed by atoms with Gasteiger partial charge in [-0.2, -0.15) is 5.10 Å². The number of hydrogen-bond acceptors (Lipinski definition) is 7. The van der Waals surface area contributed by atoms with Crippen LogP contribution in [0.15, 0.2) is 6.07 Å². The van der Waals surface area contributed by atoms with Crippen LogP contribution < -0.4 is 26.6 Å². The average molecular weight is 666 g/mol. The van der Waals surface area contributed by atoms with Crippen LogP contribution in [0.2, 0.25) is 0 Å². The molecule has 0 unspecified atom stereocenters. The van der Waals surface area contributed by atoms with Crippen LogP contribution in [0.5, 0.6) is 0 Å². The molecule has 1 heterocycles. The second kappa shape index (κ2) is 19.9. The van der Waals surface area contributed by atoms with E-state index in [4.69, 9.17) is 0 Å². The third-order valence-electron chi connectivity index (χ3n) is 7.94. The number of hydrogen-bond donors (Lipinski definition) is 7. The molecule has 1 aromatic heterocycles. The van der Waals surface area contributed by atoms with Crippen molar-refractivity contribution in [1.29, 1.82) is 0 Å². The van der Waals surface area contributed by atoms with E-state index in [9.17, 15) is 34.2 Å². The van der Waals surface area contributed by atoms with Crippen molar-refractivity contribution in [2.24, 2.45) is 29.6 Å². The lowest BCUT2D eigenvalue weighted by atomic mass is 9.91.